The Balaban J connectivity index is 2.73. The molecule has 1 amide bonds. The Kier molecular flexibility index (Phi) is 2.01. The number of carbonyl (C=O) groups excluding carboxylic acids is 1. The molecule has 5 nitrogen and oxygen atoms in total. The summed E-state index contributed by atoms with van der Waals surface area (Å²) in [6, 6.07) is 1.62. The molecule has 0 aromatic carbocycles. The fourth-order valence-electron chi connectivity index (χ4n) is 0.569. The van der Waals surface area contributed by atoms with Gasteiger partial charge in [0, 0.05) is 6.07 Å². The number of aromatic amines is 1. The number of nitrogens with zero attached hydrogens (tertiary/aromatic N) is 2. The molecule has 0 saturated heterocycles. The first-order chi connectivity index (χ1) is 4.88. The van der Waals surface area contributed by atoms with Gasteiger partial charge in [0.2, 0.25) is 6.41 Å². The second-order valence-corrected chi connectivity index (χ2v) is 1.56. The maximum absolute atomic E-state index is 10.2. The van der Waals surface area contributed by atoms with Crippen LogP contribution in [0.15, 0.2) is 12.3 Å². The van der Waals surface area contributed by atoms with Crippen molar-refractivity contribution in [3.8, 4) is 0 Å². The van der Waals surface area contributed by atoms with Gasteiger partial charge in [0.25, 0.3) is 0 Å². The van der Waals surface area contributed by atoms with Crippen molar-refractivity contribution in [2.45, 2.75) is 0 Å². The van der Waals surface area contributed by atoms with E-state index in [1.165, 1.54) is 13.3 Å². The first-order valence-corrected chi connectivity index (χ1v) is 2.66. The summed E-state index contributed by atoms with van der Waals surface area (Å²) in [6.07, 6.45) is 2.08. The molecule has 1 heterocycles. The molecule has 0 saturated carbocycles. The number of nitrogens with one attached hydrogen (secondary N) is 1. The first-order valence-electron chi connectivity index (χ1n) is 2.66. The lowest BCUT2D eigenvalue weighted by Crippen LogP contribution is -2.19. The fourth-order valence-corrected chi connectivity index (χ4v) is 0.569. The topological polar surface area (TPSA) is 58.2 Å². The molecule has 0 aliphatic heterocycles. The minimum Gasteiger partial charge on any atom is -0.276 e. The number of hydrogen-bond acceptors (Lipinski definition) is 3. The SMILES string of the molecule is CON(C=O)c1ccn[nH]1. The molecule has 0 atom stereocenters. The van der Waals surface area contributed by atoms with Crippen LogP contribution >= 0.6 is 0 Å². The van der Waals surface area contributed by atoms with Crippen molar-refractivity contribution in [3.05, 3.63) is 12.3 Å². The van der Waals surface area contributed by atoms with E-state index in [1.807, 2.05) is 0 Å². The monoisotopic (exact) mass is 141 g/mol. The van der Waals surface area contributed by atoms with Gasteiger partial charge in [-0.05, 0) is 0 Å². The standard InChI is InChI=1S/C5H7N3O2/c1-10-8(4-9)5-2-3-6-7-5/h2-4H,1H3,(H,6,7). The summed E-state index contributed by atoms with van der Waals surface area (Å²) in [6.45, 7) is 0. The molecular formula is C5H7N3O2. The second kappa shape index (κ2) is 2.98. The zero-order chi connectivity index (χ0) is 7.40. The number of rotatable bonds is 3. The molecule has 0 spiro atoms. The number of hydrogen-bond donors (Lipinski definition) is 1. The summed E-state index contributed by atoms with van der Waals surface area (Å²) in [5.41, 5.74) is 0. The van der Waals surface area contributed by atoms with E-state index >= 15 is 0 Å². The summed E-state index contributed by atoms with van der Waals surface area (Å²) in [5, 5.41) is 7.23. The molecule has 1 aromatic rings. The van der Waals surface area contributed by atoms with E-state index in [9.17, 15) is 4.79 Å². The van der Waals surface area contributed by atoms with Crippen LogP contribution in [0.25, 0.3) is 0 Å². The summed E-state index contributed by atoms with van der Waals surface area (Å²) in [5.74, 6) is 0.512. The van der Waals surface area contributed by atoms with Gasteiger partial charge in [-0.25, -0.2) is 0 Å². The Morgan fingerprint density at radius 1 is 1.90 bits per heavy atom. The molecule has 0 fully saturated rings. The van der Waals surface area contributed by atoms with E-state index in [0.29, 0.717) is 12.2 Å². The molecule has 1 rings (SSSR count). The number of hydroxylamine groups is 1. The van der Waals surface area contributed by atoms with Gasteiger partial charge in [-0.2, -0.15) is 10.2 Å². The summed E-state index contributed by atoms with van der Waals surface area (Å²) in [7, 11) is 1.40. The summed E-state index contributed by atoms with van der Waals surface area (Å²) in [4.78, 5) is 14.8. The third-order valence-electron chi connectivity index (χ3n) is 1.02. The van der Waals surface area contributed by atoms with Crippen molar-refractivity contribution in [2.75, 3.05) is 12.2 Å². The molecule has 5 heteroatoms. The Bertz CT molecular complexity index is 197. The van der Waals surface area contributed by atoms with E-state index in [0.717, 1.165) is 5.06 Å². The van der Waals surface area contributed by atoms with Crippen LogP contribution in [0.2, 0.25) is 0 Å². The highest BCUT2D eigenvalue weighted by atomic mass is 16.7. The lowest BCUT2D eigenvalue weighted by Gasteiger charge is -2.08. The van der Waals surface area contributed by atoms with Gasteiger partial charge < -0.3 is 0 Å². The predicted molar refractivity (Wildman–Crippen MR) is 34.1 cm³/mol. The first kappa shape index (κ1) is 6.76. The number of aromatic nitrogens is 2. The van der Waals surface area contributed by atoms with Gasteiger partial charge in [0.15, 0.2) is 5.82 Å². The smallest absolute Gasteiger partial charge is 0.239 e. The van der Waals surface area contributed by atoms with Crippen LogP contribution in [0.1, 0.15) is 0 Å². The highest BCUT2D eigenvalue weighted by molar-refractivity contribution is 5.69. The van der Waals surface area contributed by atoms with E-state index in [4.69, 9.17) is 0 Å². The van der Waals surface area contributed by atoms with Gasteiger partial charge in [-0.15, -0.1) is 0 Å². The van der Waals surface area contributed by atoms with Crippen molar-refractivity contribution in [1.29, 1.82) is 0 Å². The molecule has 0 aliphatic carbocycles. The lowest BCUT2D eigenvalue weighted by atomic mass is 10.6. The highest BCUT2D eigenvalue weighted by Crippen LogP contribution is 2.04. The van der Waals surface area contributed by atoms with E-state index in [-0.39, 0.29) is 0 Å². The van der Waals surface area contributed by atoms with Crippen LogP contribution in [-0.2, 0) is 9.63 Å². The predicted octanol–water partition coefficient (Wildman–Crippen LogP) is -0.0661. The van der Waals surface area contributed by atoms with E-state index < -0.39 is 0 Å². The minimum atomic E-state index is 0.512. The molecule has 1 aromatic heterocycles. The van der Waals surface area contributed by atoms with Gasteiger partial charge in [0.05, 0.1) is 13.3 Å². The zero-order valence-electron chi connectivity index (χ0n) is 5.44. The van der Waals surface area contributed by atoms with Crippen LogP contribution in [0.3, 0.4) is 0 Å². The zero-order valence-corrected chi connectivity index (χ0v) is 5.44. The number of H-pyrrole nitrogens is 1. The molecule has 0 aliphatic rings. The average molecular weight is 141 g/mol. The maximum atomic E-state index is 10.2. The van der Waals surface area contributed by atoms with Crippen LogP contribution in [0.5, 0.6) is 0 Å². The van der Waals surface area contributed by atoms with Crippen molar-refractivity contribution in [3.63, 3.8) is 0 Å². The summed E-state index contributed by atoms with van der Waals surface area (Å²) >= 11 is 0. The van der Waals surface area contributed by atoms with Gasteiger partial charge in [0.1, 0.15) is 0 Å². The number of amides is 1. The van der Waals surface area contributed by atoms with Crippen molar-refractivity contribution in [2.24, 2.45) is 0 Å². The maximum Gasteiger partial charge on any atom is 0.239 e. The van der Waals surface area contributed by atoms with Crippen LogP contribution in [0.4, 0.5) is 5.82 Å². The lowest BCUT2D eigenvalue weighted by molar-refractivity contribution is -0.112. The van der Waals surface area contributed by atoms with Crippen molar-refractivity contribution >= 4 is 12.2 Å². The van der Waals surface area contributed by atoms with Gasteiger partial charge >= 0.3 is 0 Å². The van der Waals surface area contributed by atoms with Crippen LogP contribution in [-0.4, -0.2) is 23.7 Å². The fraction of sp³-hybridized carbons (Fsp3) is 0.200. The van der Waals surface area contributed by atoms with Gasteiger partial charge in [-0.1, -0.05) is 0 Å². The van der Waals surface area contributed by atoms with Crippen molar-refractivity contribution < 1.29 is 9.63 Å². The average Bonchev–Trinajstić information content (AvgIpc) is 2.43. The highest BCUT2D eigenvalue weighted by Gasteiger charge is 2.02. The van der Waals surface area contributed by atoms with Crippen LogP contribution in [0, 0.1) is 0 Å². The normalized spacial score (nSPS) is 9.30. The third-order valence-corrected chi connectivity index (χ3v) is 1.02. The Morgan fingerprint density at radius 2 is 2.70 bits per heavy atom. The molecule has 1 N–H and O–H groups in total. The van der Waals surface area contributed by atoms with Crippen LogP contribution < -0.4 is 5.06 Å². The van der Waals surface area contributed by atoms with E-state index in [2.05, 4.69) is 15.0 Å². The Labute approximate surface area is 57.5 Å². The minimum absolute atomic E-state index is 0.512. The van der Waals surface area contributed by atoms with E-state index in [1.54, 1.807) is 6.07 Å². The third kappa shape index (κ3) is 1.14. The number of anilines is 1. The largest absolute Gasteiger partial charge is 0.276 e. The van der Waals surface area contributed by atoms with Crippen molar-refractivity contribution in [1.82, 2.24) is 10.2 Å². The summed E-state index contributed by atoms with van der Waals surface area (Å²) < 4.78 is 0. The van der Waals surface area contributed by atoms with Gasteiger partial charge in [-0.3, -0.25) is 14.7 Å². The second-order valence-electron chi connectivity index (χ2n) is 1.56. The number of carbonyl (C=O) groups is 1. The molecule has 0 bridgehead atoms. The molecule has 0 unspecified atom stereocenters. The quantitative estimate of drug-likeness (QED) is 0.473. The molecule has 54 valence electrons. The Hall–Kier alpha value is -1.36. The molecular weight excluding hydrogens is 134 g/mol. The Morgan fingerprint density at radius 3 is 3.10 bits per heavy atom. The molecule has 0 radical (unpaired) electrons. The molecule has 10 heavy (non-hydrogen) atoms.